The van der Waals surface area contributed by atoms with E-state index in [1.807, 2.05) is 6.07 Å². The SMILES string of the molecule is N#Cc1ccnc(N2CC[C@@]3(CCCN(CC4CCCCC4)C3=O)C2)c1. The van der Waals surface area contributed by atoms with Gasteiger partial charge in [0, 0.05) is 32.4 Å². The van der Waals surface area contributed by atoms with Gasteiger partial charge >= 0.3 is 0 Å². The summed E-state index contributed by atoms with van der Waals surface area (Å²) in [7, 11) is 0. The monoisotopic (exact) mass is 352 g/mol. The Labute approximate surface area is 156 Å². The number of carbonyl (C=O) groups is 1. The smallest absolute Gasteiger partial charge is 0.230 e. The zero-order valence-corrected chi connectivity index (χ0v) is 15.5. The molecule has 138 valence electrons. The predicted octanol–water partition coefficient (Wildman–Crippen LogP) is 3.35. The molecule has 1 amide bonds. The van der Waals surface area contributed by atoms with E-state index in [-0.39, 0.29) is 5.41 Å². The van der Waals surface area contributed by atoms with Crippen LogP contribution in [0.5, 0.6) is 0 Å². The maximum atomic E-state index is 13.3. The van der Waals surface area contributed by atoms with Gasteiger partial charge in [0.25, 0.3) is 0 Å². The van der Waals surface area contributed by atoms with Gasteiger partial charge in [0.2, 0.25) is 5.91 Å². The predicted molar refractivity (Wildman–Crippen MR) is 101 cm³/mol. The number of nitrogens with zero attached hydrogens (tertiary/aromatic N) is 4. The number of hydrogen-bond acceptors (Lipinski definition) is 4. The number of carbonyl (C=O) groups excluding carboxylic acids is 1. The number of likely N-dealkylation sites (tertiary alicyclic amines) is 1. The van der Waals surface area contributed by atoms with Crippen molar-refractivity contribution in [2.24, 2.45) is 11.3 Å². The van der Waals surface area contributed by atoms with Crippen molar-refractivity contribution in [2.75, 3.05) is 31.1 Å². The lowest BCUT2D eigenvalue weighted by Gasteiger charge is -2.41. The molecule has 2 saturated heterocycles. The molecule has 0 unspecified atom stereocenters. The fourth-order valence-electron chi connectivity index (χ4n) is 5.12. The molecule has 1 spiro atoms. The second-order valence-electron chi connectivity index (χ2n) is 8.33. The zero-order chi connectivity index (χ0) is 18.0. The van der Waals surface area contributed by atoms with Crippen LogP contribution in [0, 0.1) is 22.7 Å². The van der Waals surface area contributed by atoms with Crippen molar-refractivity contribution in [3.63, 3.8) is 0 Å². The van der Waals surface area contributed by atoms with E-state index in [1.54, 1.807) is 12.3 Å². The van der Waals surface area contributed by atoms with E-state index in [1.165, 1.54) is 32.1 Å². The van der Waals surface area contributed by atoms with Crippen LogP contribution in [-0.4, -0.2) is 42.0 Å². The Kier molecular flexibility index (Phi) is 4.84. The largest absolute Gasteiger partial charge is 0.355 e. The first-order valence-corrected chi connectivity index (χ1v) is 10.1. The number of aromatic nitrogens is 1. The van der Waals surface area contributed by atoms with Crippen LogP contribution in [0.1, 0.15) is 56.9 Å². The number of anilines is 1. The van der Waals surface area contributed by atoms with Gasteiger partial charge in [-0.05, 0) is 50.2 Å². The third kappa shape index (κ3) is 3.30. The Bertz CT molecular complexity index is 706. The Morgan fingerprint density at radius 1 is 1.19 bits per heavy atom. The van der Waals surface area contributed by atoms with E-state index in [0.717, 1.165) is 51.3 Å². The van der Waals surface area contributed by atoms with Crippen molar-refractivity contribution in [3.8, 4) is 6.07 Å². The maximum absolute atomic E-state index is 13.3. The fraction of sp³-hybridized carbons (Fsp3) is 0.667. The first kappa shape index (κ1) is 17.3. The minimum atomic E-state index is -0.239. The number of pyridine rings is 1. The fourth-order valence-corrected chi connectivity index (χ4v) is 5.12. The van der Waals surface area contributed by atoms with Crippen LogP contribution in [0.4, 0.5) is 5.82 Å². The molecule has 5 heteroatoms. The van der Waals surface area contributed by atoms with Gasteiger partial charge in [-0.3, -0.25) is 4.79 Å². The topological polar surface area (TPSA) is 60.2 Å². The lowest BCUT2D eigenvalue weighted by Crippen LogP contribution is -2.51. The highest BCUT2D eigenvalue weighted by Gasteiger charge is 2.48. The molecule has 3 fully saturated rings. The molecule has 1 aliphatic carbocycles. The molecular formula is C21H28N4O. The van der Waals surface area contributed by atoms with Crippen LogP contribution in [0.25, 0.3) is 0 Å². The van der Waals surface area contributed by atoms with Gasteiger partial charge in [-0.2, -0.15) is 5.26 Å². The first-order chi connectivity index (χ1) is 12.7. The Morgan fingerprint density at radius 3 is 2.85 bits per heavy atom. The Morgan fingerprint density at radius 2 is 2.04 bits per heavy atom. The van der Waals surface area contributed by atoms with Gasteiger partial charge in [0.1, 0.15) is 5.82 Å². The molecule has 0 N–H and O–H groups in total. The van der Waals surface area contributed by atoms with Crippen LogP contribution in [0.15, 0.2) is 18.3 Å². The zero-order valence-electron chi connectivity index (χ0n) is 15.5. The third-order valence-electron chi connectivity index (χ3n) is 6.58. The molecule has 1 atom stereocenters. The van der Waals surface area contributed by atoms with Crippen molar-refractivity contribution in [2.45, 2.75) is 51.4 Å². The summed E-state index contributed by atoms with van der Waals surface area (Å²) in [6, 6.07) is 5.75. The van der Waals surface area contributed by atoms with Crippen molar-refractivity contribution >= 4 is 11.7 Å². The summed E-state index contributed by atoms with van der Waals surface area (Å²) in [6.07, 6.45) is 11.3. The maximum Gasteiger partial charge on any atom is 0.230 e. The van der Waals surface area contributed by atoms with Crippen molar-refractivity contribution in [1.29, 1.82) is 5.26 Å². The molecule has 0 radical (unpaired) electrons. The molecule has 2 aliphatic heterocycles. The summed E-state index contributed by atoms with van der Waals surface area (Å²) in [5, 5.41) is 9.12. The van der Waals surface area contributed by atoms with Crippen LogP contribution in [-0.2, 0) is 4.79 Å². The lowest BCUT2D eigenvalue weighted by molar-refractivity contribution is -0.145. The van der Waals surface area contributed by atoms with Gasteiger partial charge in [-0.1, -0.05) is 19.3 Å². The molecule has 26 heavy (non-hydrogen) atoms. The number of rotatable bonds is 3. The first-order valence-electron chi connectivity index (χ1n) is 10.1. The van der Waals surface area contributed by atoms with Crippen molar-refractivity contribution in [1.82, 2.24) is 9.88 Å². The average molecular weight is 352 g/mol. The molecule has 1 aromatic heterocycles. The van der Waals surface area contributed by atoms with Crippen LogP contribution < -0.4 is 4.90 Å². The highest BCUT2D eigenvalue weighted by Crippen LogP contribution is 2.42. The van der Waals surface area contributed by atoms with Crippen LogP contribution in [0.2, 0.25) is 0 Å². The summed E-state index contributed by atoms with van der Waals surface area (Å²) >= 11 is 0. The average Bonchev–Trinajstić information content (AvgIpc) is 3.12. The van der Waals surface area contributed by atoms with Gasteiger partial charge in [-0.15, -0.1) is 0 Å². The van der Waals surface area contributed by atoms with E-state index in [2.05, 4.69) is 20.9 Å². The number of hydrogen-bond donors (Lipinski definition) is 0. The molecule has 3 aliphatic rings. The van der Waals surface area contributed by atoms with Gasteiger partial charge in [0.15, 0.2) is 0 Å². The molecule has 1 aromatic rings. The lowest BCUT2D eigenvalue weighted by atomic mass is 9.77. The standard InChI is InChI=1S/C21H28N4O/c22-14-18-7-10-23-19(13-18)25-12-9-21(16-25)8-4-11-24(20(21)26)15-17-5-2-1-3-6-17/h7,10,13,17H,1-6,8-9,11-12,15-16H2/t21-/m0/s1. The summed E-state index contributed by atoms with van der Waals surface area (Å²) in [4.78, 5) is 22.2. The summed E-state index contributed by atoms with van der Waals surface area (Å²) in [5.74, 6) is 1.90. The van der Waals surface area contributed by atoms with E-state index >= 15 is 0 Å². The number of piperidine rings is 1. The highest BCUT2D eigenvalue weighted by atomic mass is 16.2. The quantitative estimate of drug-likeness (QED) is 0.837. The van der Waals surface area contributed by atoms with Crippen LogP contribution in [0.3, 0.4) is 0 Å². The molecular weight excluding hydrogens is 324 g/mol. The van der Waals surface area contributed by atoms with E-state index in [0.29, 0.717) is 17.4 Å². The number of nitriles is 1. The highest BCUT2D eigenvalue weighted by molar-refractivity contribution is 5.85. The van der Waals surface area contributed by atoms with Gasteiger partial charge in [-0.25, -0.2) is 4.98 Å². The van der Waals surface area contributed by atoms with E-state index in [9.17, 15) is 4.79 Å². The Balaban J connectivity index is 1.46. The van der Waals surface area contributed by atoms with E-state index < -0.39 is 0 Å². The summed E-state index contributed by atoms with van der Waals surface area (Å²) < 4.78 is 0. The minimum absolute atomic E-state index is 0.239. The molecule has 5 nitrogen and oxygen atoms in total. The van der Waals surface area contributed by atoms with Crippen molar-refractivity contribution < 1.29 is 4.79 Å². The van der Waals surface area contributed by atoms with Gasteiger partial charge in [0.05, 0.1) is 17.0 Å². The normalized spacial score (nSPS) is 27.1. The molecule has 4 rings (SSSR count). The second kappa shape index (κ2) is 7.26. The van der Waals surface area contributed by atoms with Crippen molar-refractivity contribution in [3.05, 3.63) is 23.9 Å². The van der Waals surface area contributed by atoms with Gasteiger partial charge < -0.3 is 9.80 Å². The molecule has 1 saturated carbocycles. The minimum Gasteiger partial charge on any atom is -0.355 e. The molecule has 3 heterocycles. The third-order valence-corrected chi connectivity index (χ3v) is 6.58. The second-order valence-corrected chi connectivity index (χ2v) is 8.33. The molecule has 0 aromatic carbocycles. The Hall–Kier alpha value is -2.09. The summed E-state index contributed by atoms with van der Waals surface area (Å²) in [6.45, 7) is 3.49. The van der Waals surface area contributed by atoms with Crippen LogP contribution >= 0.6 is 0 Å². The van der Waals surface area contributed by atoms with E-state index in [4.69, 9.17) is 5.26 Å². The summed E-state index contributed by atoms with van der Waals surface area (Å²) in [5.41, 5.74) is 0.391. The number of amides is 1. The molecule has 0 bridgehead atoms.